The van der Waals surface area contributed by atoms with Gasteiger partial charge in [-0.1, -0.05) is 23.5 Å². The molecule has 1 amide bonds. The molecule has 2 aromatic carbocycles. The average Bonchev–Trinajstić information content (AvgIpc) is 2.95. The Balaban J connectivity index is 2.20. The van der Waals surface area contributed by atoms with Crippen molar-refractivity contribution in [2.45, 2.75) is 25.3 Å². The van der Waals surface area contributed by atoms with Crippen LogP contribution in [0, 0.1) is 13.8 Å². The molecule has 0 spiro atoms. The third-order valence-corrected chi connectivity index (χ3v) is 7.32. The van der Waals surface area contributed by atoms with E-state index in [1.807, 2.05) is 10.8 Å². The van der Waals surface area contributed by atoms with Gasteiger partial charge in [0.2, 0.25) is 0 Å². The van der Waals surface area contributed by atoms with Crippen LogP contribution in [0.3, 0.4) is 0 Å². The van der Waals surface area contributed by atoms with Gasteiger partial charge < -0.3 is 4.57 Å². The van der Waals surface area contributed by atoms with Gasteiger partial charge in [0, 0.05) is 18.6 Å². The number of benzene rings is 2. The second-order valence-electron chi connectivity index (χ2n) is 6.62. The van der Waals surface area contributed by atoms with Crippen molar-refractivity contribution in [3.05, 3.63) is 57.9 Å². The molecular weight excluding hydrogens is 412 g/mol. The summed E-state index contributed by atoms with van der Waals surface area (Å²) in [6.45, 7) is 4.85. The second kappa shape index (κ2) is 8.23. The van der Waals surface area contributed by atoms with E-state index < -0.39 is 15.7 Å². The van der Waals surface area contributed by atoms with Crippen LogP contribution in [0.5, 0.6) is 0 Å². The number of sulfone groups is 1. The highest BCUT2D eigenvalue weighted by atomic mass is 32.2. The van der Waals surface area contributed by atoms with Gasteiger partial charge in [0.05, 0.1) is 20.7 Å². The Hall–Kier alpha value is -1.90. The van der Waals surface area contributed by atoms with Crippen molar-refractivity contribution >= 4 is 49.1 Å². The number of thioether (sulfide) groups is 1. The molecule has 0 bridgehead atoms. The molecule has 5 nitrogen and oxygen atoms in total. The first-order valence-electron chi connectivity index (χ1n) is 8.70. The van der Waals surface area contributed by atoms with Crippen LogP contribution in [-0.4, -0.2) is 37.2 Å². The molecule has 0 aliphatic heterocycles. The molecule has 0 radical (unpaired) electrons. The maximum atomic E-state index is 12.9. The number of nitrogens with zero attached hydrogens (tertiary/aromatic N) is 2. The first-order valence-corrected chi connectivity index (χ1v) is 12.8. The first kappa shape index (κ1) is 20.8. The van der Waals surface area contributed by atoms with E-state index in [9.17, 15) is 13.2 Å². The van der Waals surface area contributed by atoms with Crippen LogP contribution in [0.1, 0.15) is 21.5 Å². The van der Waals surface area contributed by atoms with Crippen molar-refractivity contribution in [3.8, 4) is 0 Å². The van der Waals surface area contributed by atoms with E-state index in [0.29, 0.717) is 4.80 Å². The van der Waals surface area contributed by atoms with Gasteiger partial charge in [0.25, 0.3) is 5.91 Å². The highest BCUT2D eigenvalue weighted by Gasteiger charge is 2.18. The molecule has 0 aliphatic rings. The Morgan fingerprint density at radius 2 is 1.86 bits per heavy atom. The van der Waals surface area contributed by atoms with Gasteiger partial charge >= 0.3 is 0 Å². The minimum absolute atomic E-state index is 0.00668. The predicted octanol–water partition coefficient (Wildman–Crippen LogP) is 3.83. The lowest BCUT2D eigenvalue weighted by molar-refractivity contribution is 0.0994. The summed E-state index contributed by atoms with van der Waals surface area (Å²) in [7, 11) is -3.52. The van der Waals surface area contributed by atoms with Gasteiger partial charge in [0.15, 0.2) is 14.6 Å². The van der Waals surface area contributed by atoms with Crippen molar-refractivity contribution in [1.29, 1.82) is 0 Å². The number of rotatable bonds is 5. The highest BCUT2D eigenvalue weighted by Crippen LogP contribution is 2.23. The molecule has 148 valence electrons. The monoisotopic (exact) mass is 434 g/mol. The van der Waals surface area contributed by atoms with Gasteiger partial charge in [-0.15, -0.1) is 0 Å². The highest BCUT2D eigenvalue weighted by molar-refractivity contribution is 7.98. The van der Waals surface area contributed by atoms with Gasteiger partial charge in [-0.3, -0.25) is 4.79 Å². The van der Waals surface area contributed by atoms with E-state index in [0.717, 1.165) is 28.8 Å². The number of hydrogen-bond donors (Lipinski definition) is 0. The molecule has 0 atom stereocenters. The number of aromatic nitrogens is 1. The summed E-state index contributed by atoms with van der Waals surface area (Å²) in [5.41, 5.74) is 3.52. The molecule has 3 aromatic rings. The van der Waals surface area contributed by atoms with Gasteiger partial charge in [0.1, 0.15) is 0 Å². The summed E-state index contributed by atoms with van der Waals surface area (Å²) >= 11 is 3.17. The number of hydrogen-bond acceptors (Lipinski definition) is 5. The molecule has 8 heteroatoms. The normalized spacial score (nSPS) is 12.6. The van der Waals surface area contributed by atoms with Crippen molar-refractivity contribution < 1.29 is 13.2 Å². The van der Waals surface area contributed by atoms with Crippen LogP contribution >= 0.6 is 23.1 Å². The topological polar surface area (TPSA) is 68.5 Å². The van der Waals surface area contributed by atoms with E-state index in [1.165, 1.54) is 34.6 Å². The molecular formula is C20H22N2O3S3. The van der Waals surface area contributed by atoms with Crippen LogP contribution in [0.15, 0.2) is 46.3 Å². The molecule has 0 saturated carbocycles. The van der Waals surface area contributed by atoms with E-state index in [2.05, 4.69) is 31.0 Å². The number of thiazole rings is 1. The van der Waals surface area contributed by atoms with Crippen molar-refractivity contribution in [2.24, 2.45) is 4.99 Å². The summed E-state index contributed by atoms with van der Waals surface area (Å²) in [4.78, 5) is 17.8. The average molecular weight is 435 g/mol. The zero-order valence-electron chi connectivity index (χ0n) is 16.2. The standard InChI is InChI=1S/C20H22N2O3S3/c1-13-11-16-17(12-14(13)2)27-20(22(16)9-10-26-3)21-19(23)15-7-5-6-8-18(15)28(4,24)25/h5-8,11-12H,9-10H2,1-4H3. The van der Waals surface area contributed by atoms with Crippen LogP contribution < -0.4 is 4.80 Å². The second-order valence-corrected chi connectivity index (χ2v) is 10.6. The van der Waals surface area contributed by atoms with Crippen LogP contribution in [-0.2, 0) is 16.4 Å². The summed E-state index contributed by atoms with van der Waals surface area (Å²) in [6, 6.07) is 10.4. The summed E-state index contributed by atoms with van der Waals surface area (Å²) < 4.78 is 27.2. The minimum Gasteiger partial charge on any atom is -0.315 e. The molecule has 1 aromatic heterocycles. The van der Waals surface area contributed by atoms with Crippen LogP contribution in [0.2, 0.25) is 0 Å². The zero-order valence-corrected chi connectivity index (χ0v) is 18.7. The lowest BCUT2D eigenvalue weighted by Crippen LogP contribution is -2.19. The molecule has 0 fully saturated rings. The third-order valence-electron chi connectivity index (χ3n) is 4.53. The molecule has 0 unspecified atom stereocenters. The third kappa shape index (κ3) is 4.24. The summed E-state index contributed by atoms with van der Waals surface area (Å²) in [6.07, 6.45) is 3.14. The molecule has 28 heavy (non-hydrogen) atoms. The predicted molar refractivity (Wildman–Crippen MR) is 117 cm³/mol. The first-order chi connectivity index (χ1) is 13.2. The molecule has 0 N–H and O–H groups in total. The Morgan fingerprint density at radius 3 is 2.54 bits per heavy atom. The summed E-state index contributed by atoms with van der Waals surface area (Å²) in [5.74, 6) is 0.346. The Kier molecular flexibility index (Phi) is 6.12. The lowest BCUT2D eigenvalue weighted by atomic mass is 10.1. The van der Waals surface area contributed by atoms with Crippen molar-refractivity contribution in [1.82, 2.24) is 4.57 Å². The molecule has 3 rings (SSSR count). The fourth-order valence-corrected chi connectivity index (χ4v) is 5.30. The van der Waals surface area contributed by atoms with E-state index >= 15 is 0 Å². The Labute approximate surface area is 173 Å². The smallest absolute Gasteiger partial charge is 0.280 e. The van der Waals surface area contributed by atoms with Gasteiger partial charge in [-0.25, -0.2) is 8.42 Å². The van der Waals surface area contributed by atoms with Crippen LogP contribution in [0.25, 0.3) is 10.2 Å². The Morgan fingerprint density at radius 1 is 1.18 bits per heavy atom. The minimum atomic E-state index is -3.52. The van der Waals surface area contributed by atoms with Gasteiger partial charge in [-0.2, -0.15) is 16.8 Å². The lowest BCUT2D eigenvalue weighted by Gasteiger charge is -2.06. The molecule has 1 heterocycles. The van der Waals surface area contributed by atoms with E-state index in [-0.39, 0.29) is 10.5 Å². The van der Waals surface area contributed by atoms with Crippen molar-refractivity contribution in [2.75, 3.05) is 18.3 Å². The van der Waals surface area contributed by atoms with Crippen molar-refractivity contribution in [3.63, 3.8) is 0 Å². The zero-order chi connectivity index (χ0) is 20.5. The van der Waals surface area contributed by atoms with Crippen LogP contribution in [0.4, 0.5) is 0 Å². The Bertz CT molecular complexity index is 1220. The fraction of sp³-hybridized carbons (Fsp3) is 0.300. The molecule has 0 saturated heterocycles. The summed E-state index contributed by atoms with van der Waals surface area (Å²) in [5, 5.41) is 0. The fourth-order valence-electron chi connectivity index (χ4n) is 2.92. The van der Waals surface area contributed by atoms with E-state index in [4.69, 9.17) is 0 Å². The quantitative estimate of drug-likeness (QED) is 0.612. The maximum Gasteiger partial charge on any atom is 0.280 e. The SMILES string of the molecule is CSCCn1c(=NC(=O)c2ccccc2S(C)(=O)=O)sc2cc(C)c(C)cc21. The number of aryl methyl sites for hydroxylation is 3. The number of carbonyl (C=O) groups is 1. The number of amides is 1. The largest absolute Gasteiger partial charge is 0.315 e. The van der Waals surface area contributed by atoms with Gasteiger partial charge in [-0.05, 0) is 55.5 Å². The number of fused-ring (bicyclic) bond motifs is 1. The number of carbonyl (C=O) groups excluding carboxylic acids is 1. The molecule has 0 aliphatic carbocycles. The van der Waals surface area contributed by atoms with E-state index in [1.54, 1.807) is 23.9 Å². The maximum absolute atomic E-state index is 12.9.